The normalized spacial score (nSPS) is 20.9. The predicted molar refractivity (Wildman–Crippen MR) is 92.5 cm³/mol. The molecule has 0 heterocycles. The van der Waals surface area contributed by atoms with E-state index in [1.165, 1.54) is 18.4 Å². The number of hydrogen-bond donors (Lipinski definition) is 2. The highest BCUT2D eigenvalue weighted by atomic mass is 16.3. The van der Waals surface area contributed by atoms with E-state index < -0.39 is 0 Å². The molecule has 0 atom stereocenters. The lowest BCUT2D eigenvalue weighted by Crippen LogP contribution is -2.20. The van der Waals surface area contributed by atoms with Gasteiger partial charge in [0.1, 0.15) is 5.75 Å². The second kappa shape index (κ2) is 7.32. The van der Waals surface area contributed by atoms with Crippen LogP contribution in [0, 0.1) is 5.92 Å². The van der Waals surface area contributed by atoms with Crippen LogP contribution in [0.2, 0.25) is 0 Å². The highest BCUT2D eigenvalue weighted by molar-refractivity contribution is 5.90. The maximum Gasteiger partial charge on any atom is 0.224 e. The zero-order chi connectivity index (χ0) is 16.1. The molecule has 1 fully saturated rings. The number of hydrogen-bond acceptors (Lipinski definition) is 2. The van der Waals surface area contributed by atoms with Crippen molar-refractivity contribution in [1.29, 1.82) is 0 Å². The zero-order valence-electron chi connectivity index (χ0n) is 13.2. The average molecular weight is 309 g/mol. The fourth-order valence-electron chi connectivity index (χ4n) is 3.44. The summed E-state index contributed by atoms with van der Waals surface area (Å²) < 4.78 is 0. The minimum Gasteiger partial charge on any atom is -0.508 e. The number of phenolic OH excluding ortho intramolecular Hbond substituents is 1. The Morgan fingerprint density at radius 2 is 1.61 bits per heavy atom. The van der Waals surface area contributed by atoms with Gasteiger partial charge < -0.3 is 10.4 Å². The van der Waals surface area contributed by atoms with Crippen LogP contribution < -0.4 is 5.32 Å². The first-order valence-electron chi connectivity index (χ1n) is 8.34. The number of carbonyl (C=O) groups is 1. The van der Waals surface area contributed by atoms with E-state index in [-0.39, 0.29) is 11.7 Å². The van der Waals surface area contributed by atoms with Gasteiger partial charge in [0, 0.05) is 12.1 Å². The molecule has 0 aliphatic heterocycles. The molecule has 120 valence electrons. The predicted octanol–water partition coefficient (Wildman–Crippen LogP) is 4.69. The summed E-state index contributed by atoms with van der Waals surface area (Å²) in [5.41, 5.74) is 2.17. The fourth-order valence-corrected chi connectivity index (χ4v) is 3.44. The molecule has 1 aliphatic rings. The molecule has 3 nitrogen and oxygen atoms in total. The molecule has 3 rings (SSSR count). The molecule has 0 spiro atoms. The van der Waals surface area contributed by atoms with E-state index in [0.29, 0.717) is 18.3 Å². The SMILES string of the molecule is O=C(CC1CCC(c2ccccc2)CC1)Nc1ccc(O)cc1. The summed E-state index contributed by atoms with van der Waals surface area (Å²) in [5, 5.41) is 12.2. The highest BCUT2D eigenvalue weighted by Crippen LogP contribution is 2.37. The van der Waals surface area contributed by atoms with Crippen LogP contribution in [0.4, 0.5) is 5.69 Å². The van der Waals surface area contributed by atoms with E-state index in [2.05, 4.69) is 35.6 Å². The third-order valence-electron chi connectivity index (χ3n) is 4.74. The largest absolute Gasteiger partial charge is 0.508 e. The molecule has 0 saturated heterocycles. The van der Waals surface area contributed by atoms with Crippen LogP contribution in [0.5, 0.6) is 5.75 Å². The van der Waals surface area contributed by atoms with Crippen molar-refractivity contribution in [3.05, 3.63) is 60.2 Å². The van der Waals surface area contributed by atoms with Crippen LogP contribution in [0.3, 0.4) is 0 Å². The molecule has 0 radical (unpaired) electrons. The van der Waals surface area contributed by atoms with E-state index in [4.69, 9.17) is 0 Å². The van der Waals surface area contributed by atoms with E-state index in [9.17, 15) is 9.90 Å². The minimum atomic E-state index is 0.0684. The lowest BCUT2D eigenvalue weighted by molar-refractivity contribution is -0.117. The van der Waals surface area contributed by atoms with Gasteiger partial charge in [0.2, 0.25) is 5.91 Å². The van der Waals surface area contributed by atoms with E-state index >= 15 is 0 Å². The molecular formula is C20H23NO2. The molecule has 2 aromatic rings. The van der Waals surface area contributed by atoms with Gasteiger partial charge in [-0.2, -0.15) is 0 Å². The fraction of sp³-hybridized carbons (Fsp3) is 0.350. The van der Waals surface area contributed by atoms with Gasteiger partial charge in [0.15, 0.2) is 0 Å². The molecule has 23 heavy (non-hydrogen) atoms. The number of phenols is 1. The Morgan fingerprint density at radius 1 is 0.957 bits per heavy atom. The van der Waals surface area contributed by atoms with Crippen molar-refractivity contribution in [2.75, 3.05) is 5.32 Å². The summed E-state index contributed by atoms with van der Waals surface area (Å²) in [6.07, 6.45) is 5.15. The van der Waals surface area contributed by atoms with Crippen molar-refractivity contribution in [2.45, 2.75) is 38.0 Å². The van der Waals surface area contributed by atoms with Crippen LogP contribution >= 0.6 is 0 Å². The van der Waals surface area contributed by atoms with Crippen molar-refractivity contribution >= 4 is 11.6 Å². The van der Waals surface area contributed by atoms with Crippen LogP contribution in [0.25, 0.3) is 0 Å². The van der Waals surface area contributed by atoms with Crippen molar-refractivity contribution in [3.8, 4) is 5.75 Å². The number of nitrogens with one attached hydrogen (secondary N) is 1. The summed E-state index contributed by atoms with van der Waals surface area (Å²) in [7, 11) is 0. The van der Waals surface area contributed by atoms with Crippen molar-refractivity contribution in [3.63, 3.8) is 0 Å². The number of rotatable bonds is 4. The Bertz CT molecular complexity index is 628. The number of aromatic hydroxyl groups is 1. The molecule has 1 aliphatic carbocycles. The summed E-state index contributed by atoms with van der Waals surface area (Å²) in [4.78, 5) is 12.1. The van der Waals surface area contributed by atoms with E-state index in [1.807, 2.05) is 0 Å². The molecule has 0 aromatic heterocycles. The van der Waals surface area contributed by atoms with Gasteiger partial charge in [-0.15, -0.1) is 0 Å². The summed E-state index contributed by atoms with van der Waals surface area (Å²) in [6, 6.07) is 17.3. The highest BCUT2D eigenvalue weighted by Gasteiger charge is 2.23. The number of amides is 1. The molecule has 2 aromatic carbocycles. The number of benzene rings is 2. The first-order chi connectivity index (χ1) is 11.2. The number of anilines is 1. The zero-order valence-corrected chi connectivity index (χ0v) is 13.2. The van der Waals surface area contributed by atoms with E-state index in [0.717, 1.165) is 18.5 Å². The van der Waals surface area contributed by atoms with Gasteiger partial charge in [-0.1, -0.05) is 30.3 Å². The summed E-state index contributed by atoms with van der Waals surface area (Å²) in [6.45, 7) is 0. The Hall–Kier alpha value is -2.29. The van der Waals surface area contributed by atoms with Crippen LogP contribution in [-0.4, -0.2) is 11.0 Å². The van der Waals surface area contributed by atoms with Gasteiger partial charge >= 0.3 is 0 Å². The lowest BCUT2D eigenvalue weighted by atomic mass is 9.77. The molecule has 3 heteroatoms. The molecule has 2 N–H and O–H groups in total. The second-order valence-corrected chi connectivity index (χ2v) is 6.43. The first-order valence-corrected chi connectivity index (χ1v) is 8.34. The van der Waals surface area contributed by atoms with Crippen molar-refractivity contribution in [2.24, 2.45) is 5.92 Å². The molecular weight excluding hydrogens is 286 g/mol. The van der Waals surface area contributed by atoms with Crippen LogP contribution in [0.15, 0.2) is 54.6 Å². The van der Waals surface area contributed by atoms with E-state index in [1.54, 1.807) is 24.3 Å². The Kier molecular flexibility index (Phi) is 4.96. The maximum atomic E-state index is 12.1. The standard InChI is InChI=1S/C20H23NO2/c22-19-12-10-18(11-13-19)21-20(23)14-15-6-8-17(9-7-15)16-4-2-1-3-5-16/h1-5,10-13,15,17,22H,6-9,14H2,(H,21,23). The molecule has 0 bridgehead atoms. The topological polar surface area (TPSA) is 49.3 Å². The molecule has 0 unspecified atom stereocenters. The van der Waals surface area contributed by atoms with Gasteiger partial charge in [-0.3, -0.25) is 4.79 Å². The summed E-state index contributed by atoms with van der Waals surface area (Å²) >= 11 is 0. The Balaban J connectivity index is 1.47. The molecule has 1 saturated carbocycles. The van der Waals surface area contributed by atoms with Gasteiger partial charge in [0.25, 0.3) is 0 Å². The first kappa shape index (κ1) is 15.6. The summed E-state index contributed by atoms with van der Waals surface area (Å²) in [5.74, 6) is 1.40. The molecule has 1 amide bonds. The Labute approximate surface area is 137 Å². The number of carbonyl (C=O) groups excluding carboxylic acids is 1. The minimum absolute atomic E-state index is 0.0684. The van der Waals surface area contributed by atoms with Gasteiger partial charge in [-0.25, -0.2) is 0 Å². The second-order valence-electron chi connectivity index (χ2n) is 6.43. The average Bonchev–Trinajstić information content (AvgIpc) is 2.58. The smallest absolute Gasteiger partial charge is 0.224 e. The van der Waals surface area contributed by atoms with Crippen molar-refractivity contribution in [1.82, 2.24) is 0 Å². The Morgan fingerprint density at radius 3 is 2.26 bits per heavy atom. The van der Waals surface area contributed by atoms with Gasteiger partial charge in [-0.05, 0) is 67.3 Å². The third kappa shape index (κ3) is 4.35. The van der Waals surface area contributed by atoms with Gasteiger partial charge in [0.05, 0.1) is 0 Å². The monoisotopic (exact) mass is 309 g/mol. The van der Waals surface area contributed by atoms with Crippen LogP contribution in [0.1, 0.15) is 43.6 Å². The van der Waals surface area contributed by atoms with Crippen molar-refractivity contribution < 1.29 is 9.90 Å². The lowest BCUT2D eigenvalue weighted by Gasteiger charge is -2.28. The van der Waals surface area contributed by atoms with Crippen LogP contribution in [-0.2, 0) is 4.79 Å². The quantitative estimate of drug-likeness (QED) is 0.805. The third-order valence-corrected chi connectivity index (χ3v) is 4.74. The maximum absolute atomic E-state index is 12.1.